The predicted molar refractivity (Wildman–Crippen MR) is 103 cm³/mol. The lowest BCUT2D eigenvalue weighted by molar-refractivity contribution is 0.0909. The molecular weight excluding hydrogens is 377 g/mol. The third-order valence-corrected chi connectivity index (χ3v) is 5.46. The highest BCUT2D eigenvalue weighted by Crippen LogP contribution is 2.38. The van der Waals surface area contributed by atoms with Gasteiger partial charge in [0, 0.05) is 11.6 Å². The first-order valence-electron chi connectivity index (χ1n) is 9.58. The number of anilines is 1. The summed E-state index contributed by atoms with van der Waals surface area (Å²) in [5, 5.41) is 11.2. The first-order chi connectivity index (χ1) is 14.0. The van der Waals surface area contributed by atoms with Gasteiger partial charge >= 0.3 is 6.09 Å². The molecule has 0 unspecified atom stereocenters. The normalized spacial score (nSPS) is 20.8. The summed E-state index contributed by atoms with van der Waals surface area (Å²) in [6.07, 6.45) is 2.80. The summed E-state index contributed by atoms with van der Waals surface area (Å²) in [6.45, 7) is 3.17. The summed E-state index contributed by atoms with van der Waals surface area (Å²) in [5.41, 5.74) is 1.00. The smallest absolute Gasteiger partial charge is 0.413 e. The van der Waals surface area contributed by atoms with Gasteiger partial charge in [0.2, 0.25) is 0 Å². The summed E-state index contributed by atoms with van der Waals surface area (Å²) in [4.78, 5) is 24.7. The molecular formula is C19H20FN7O2. The van der Waals surface area contributed by atoms with E-state index < -0.39 is 17.9 Å². The quantitative estimate of drug-likeness (QED) is 0.699. The van der Waals surface area contributed by atoms with E-state index in [2.05, 4.69) is 25.6 Å². The summed E-state index contributed by atoms with van der Waals surface area (Å²) >= 11 is 0. The number of pyridine rings is 1. The van der Waals surface area contributed by atoms with E-state index in [1.807, 2.05) is 12.1 Å². The summed E-state index contributed by atoms with van der Waals surface area (Å²) < 4.78 is 22.3. The van der Waals surface area contributed by atoms with Crippen molar-refractivity contribution in [3.63, 3.8) is 0 Å². The molecule has 0 aromatic carbocycles. The van der Waals surface area contributed by atoms with Gasteiger partial charge in [-0.05, 0) is 45.0 Å². The number of halogens is 1. The van der Waals surface area contributed by atoms with E-state index in [4.69, 9.17) is 9.84 Å². The van der Waals surface area contributed by atoms with Gasteiger partial charge < -0.3 is 10.1 Å². The van der Waals surface area contributed by atoms with Crippen molar-refractivity contribution < 1.29 is 13.9 Å². The van der Waals surface area contributed by atoms with Gasteiger partial charge in [-0.25, -0.2) is 28.8 Å². The maximum atomic E-state index is 15.4. The van der Waals surface area contributed by atoms with Crippen LogP contribution in [0.25, 0.3) is 22.4 Å². The van der Waals surface area contributed by atoms with Gasteiger partial charge in [-0.1, -0.05) is 0 Å². The molecule has 0 bridgehead atoms. The maximum Gasteiger partial charge on any atom is 0.413 e. The second kappa shape index (κ2) is 6.73. The fourth-order valence-corrected chi connectivity index (χ4v) is 4.01. The summed E-state index contributed by atoms with van der Waals surface area (Å²) in [7, 11) is 0. The van der Waals surface area contributed by atoms with Crippen LogP contribution >= 0.6 is 0 Å². The summed E-state index contributed by atoms with van der Waals surface area (Å²) in [6, 6.07) is 3.69. The first kappa shape index (κ1) is 17.9. The van der Waals surface area contributed by atoms with Crippen molar-refractivity contribution in [3.8, 4) is 11.4 Å². The lowest BCUT2D eigenvalue weighted by atomic mass is 9.94. The Morgan fingerprint density at radius 3 is 2.93 bits per heavy atom. The molecule has 2 N–H and O–H groups in total. The van der Waals surface area contributed by atoms with Crippen molar-refractivity contribution in [2.75, 3.05) is 18.4 Å². The van der Waals surface area contributed by atoms with Crippen molar-refractivity contribution in [1.82, 2.24) is 30.0 Å². The Labute approximate surface area is 165 Å². The van der Waals surface area contributed by atoms with E-state index in [-0.39, 0.29) is 6.54 Å². The molecule has 2 aliphatic heterocycles. The molecule has 150 valence electrons. The SMILES string of the molecule is C[C@@H]1OC(=O)Nc2ncnc(-c3nn(CC4(F)CCNCC4)c4ncccc34)c21. The van der Waals surface area contributed by atoms with Gasteiger partial charge in [-0.3, -0.25) is 5.32 Å². The van der Waals surface area contributed by atoms with Crippen LogP contribution in [0.1, 0.15) is 31.4 Å². The van der Waals surface area contributed by atoms with Crippen LogP contribution in [0.2, 0.25) is 0 Å². The number of nitrogens with zero attached hydrogens (tertiary/aromatic N) is 5. The maximum absolute atomic E-state index is 15.4. The Bertz CT molecular complexity index is 1090. The number of rotatable bonds is 3. The highest BCUT2D eigenvalue weighted by atomic mass is 19.1. The van der Waals surface area contributed by atoms with E-state index in [9.17, 15) is 4.79 Å². The van der Waals surface area contributed by atoms with Crippen LogP contribution in [-0.2, 0) is 11.3 Å². The fourth-order valence-electron chi connectivity index (χ4n) is 4.01. The second-order valence-corrected chi connectivity index (χ2v) is 7.44. The average molecular weight is 397 g/mol. The van der Waals surface area contributed by atoms with Gasteiger partial charge in [-0.15, -0.1) is 0 Å². The molecule has 5 rings (SSSR count). The van der Waals surface area contributed by atoms with Crippen molar-refractivity contribution in [1.29, 1.82) is 0 Å². The summed E-state index contributed by atoms with van der Waals surface area (Å²) in [5.74, 6) is 0.394. The lowest BCUT2D eigenvalue weighted by Crippen LogP contribution is -2.41. The Morgan fingerprint density at radius 1 is 1.28 bits per heavy atom. The van der Waals surface area contributed by atoms with Gasteiger partial charge in [0.05, 0.1) is 12.1 Å². The highest BCUT2D eigenvalue weighted by Gasteiger charge is 2.35. The van der Waals surface area contributed by atoms with Crippen LogP contribution in [0.15, 0.2) is 24.7 Å². The van der Waals surface area contributed by atoms with E-state index in [1.54, 1.807) is 17.8 Å². The minimum Gasteiger partial charge on any atom is -0.441 e. The first-order valence-corrected chi connectivity index (χ1v) is 9.58. The molecule has 1 saturated heterocycles. The number of hydrogen-bond acceptors (Lipinski definition) is 7. The van der Waals surface area contributed by atoms with E-state index >= 15 is 4.39 Å². The monoisotopic (exact) mass is 397 g/mol. The van der Waals surface area contributed by atoms with Crippen LogP contribution in [0.3, 0.4) is 0 Å². The van der Waals surface area contributed by atoms with E-state index in [0.717, 1.165) is 5.39 Å². The molecule has 0 aliphatic carbocycles. The molecule has 9 nitrogen and oxygen atoms in total. The average Bonchev–Trinajstić information content (AvgIpc) is 3.06. The molecule has 1 amide bonds. The number of aromatic nitrogens is 5. The number of amides is 1. The standard InChI is InChI=1S/C19H20FN7O2/c1-11-13-15(23-10-24-16(13)25-18(28)29-11)14-12-3-2-6-22-17(12)27(26-14)9-19(20)4-7-21-8-5-19/h2-3,6,10-11,21H,4-5,7-9H2,1H3,(H,23,24,25,28)/t11-/m0/s1. The molecule has 5 heterocycles. The van der Waals surface area contributed by atoms with Crippen molar-refractivity contribution in [2.45, 2.75) is 38.1 Å². The molecule has 10 heteroatoms. The highest BCUT2D eigenvalue weighted by molar-refractivity contribution is 5.94. The number of ether oxygens (including phenoxy) is 1. The zero-order chi connectivity index (χ0) is 20.0. The zero-order valence-electron chi connectivity index (χ0n) is 15.9. The number of nitrogens with one attached hydrogen (secondary N) is 2. The van der Waals surface area contributed by atoms with Gasteiger partial charge in [0.25, 0.3) is 0 Å². The van der Waals surface area contributed by atoms with Crippen LogP contribution < -0.4 is 10.6 Å². The lowest BCUT2D eigenvalue weighted by Gasteiger charge is -2.29. The second-order valence-electron chi connectivity index (χ2n) is 7.44. The molecule has 1 fully saturated rings. The number of alkyl halides is 1. The molecule has 2 aliphatic rings. The predicted octanol–water partition coefficient (Wildman–Crippen LogP) is 2.60. The number of piperidine rings is 1. The van der Waals surface area contributed by atoms with Gasteiger partial charge in [0.15, 0.2) is 5.65 Å². The van der Waals surface area contributed by atoms with Crippen molar-refractivity contribution in [3.05, 3.63) is 30.2 Å². The molecule has 3 aromatic rings. The topological polar surface area (TPSA) is 107 Å². The Kier molecular flexibility index (Phi) is 4.16. The minimum atomic E-state index is -1.34. The van der Waals surface area contributed by atoms with E-state index in [1.165, 1.54) is 6.33 Å². The molecule has 0 spiro atoms. The third kappa shape index (κ3) is 3.09. The molecule has 29 heavy (non-hydrogen) atoms. The van der Waals surface area contributed by atoms with Gasteiger partial charge in [0.1, 0.15) is 35.3 Å². The number of fused-ring (bicyclic) bond motifs is 2. The Balaban J connectivity index is 1.64. The zero-order valence-corrected chi connectivity index (χ0v) is 15.9. The van der Waals surface area contributed by atoms with Crippen LogP contribution in [0.5, 0.6) is 0 Å². The Hall–Kier alpha value is -3.14. The molecule has 3 aromatic heterocycles. The number of carbonyl (C=O) groups excluding carboxylic acids is 1. The minimum absolute atomic E-state index is 0.123. The largest absolute Gasteiger partial charge is 0.441 e. The van der Waals surface area contributed by atoms with Crippen molar-refractivity contribution >= 4 is 22.9 Å². The molecule has 1 atom stereocenters. The number of cyclic esters (lactones) is 1. The Morgan fingerprint density at radius 2 is 2.10 bits per heavy atom. The van der Waals surface area contributed by atoms with Crippen LogP contribution in [-0.4, -0.2) is 49.6 Å². The third-order valence-electron chi connectivity index (χ3n) is 5.46. The van der Waals surface area contributed by atoms with Crippen molar-refractivity contribution in [2.24, 2.45) is 0 Å². The van der Waals surface area contributed by atoms with Crippen LogP contribution in [0, 0.1) is 0 Å². The number of hydrogen-bond donors (Lipinski definition) is 2. The fraction of sp³-hybridized carbons (Fsp3) is 0.421. The van der Waals surface area contributed by atoms with Gasteiger partial charge in [-0.2, -0.15) is 5.10 Å². The van der Waals surface area contributed by atoms with Crippen LogP contribution in [0.4, 0.5) is 15.0 Å². The van der Waals surface area contributed by atoms with E-state index in [0.29, 0.717) is 54.3 Å². The molecule has 0 saturated carbocycles. The number of carbonyl (C=O) groups is 1. The molecule has 0 radical (unpaired) electrons.